The zero-order valence-corrected chi connectivity index (χ0v) is 14.1. The third-order valence-electron chi connectivity index (χ3n) is 4.53. The molecule has 2 aromatic rings. The van der Waals surface area contributed by atoms with Crippen molar-refractivity contribution < 1.29 is 14.4 Å². The number of hydrogen-bond acceptors (Lipinski definition) is 5. The van der Waals surface area contributed by atoms with Gasteiger partial charge in [-0.2, -0.15) is 4.98 Å². The second-order valence-electron chi connectivity index (χ2n) is 6.63. The van der Waals surface area contributed by atoms with Gasteiger partial charge in [0.15, 0.2) is 0 Å². The highest BCUT2D eigenvalue weighted by molar-refractivity contribution is 5.70. The second kappa shape index (κ2) is 7.13. The molecule has 1 aromatic heterocycles. The predicted octanol–water partition coefficient (Wildman–Crippen LogP) is 2.84. The van der Waals surface area contributed by atoms with Crippen molar-refractivity contribution in [3.8, 4) is 11.4 Å². The first-order chi connectivity index (χ1) is 11.5. The maximum atomic E-state index is 11.3. The molecule has 1 aliphatic heterocycles. The van der Waals surface area contributed by atoms with Crippen molar-refractivity contribution in [1.82, 2.24) is 15.0 Å². The van der Waals surface area contributed by atoms with Gasteiger partial charge in [0.1, 0.15) is 0 Å². The third kappa shape index (κ3) is 3.82. The number of aliphatic carboxylic acids is 1. The maximum absolute atomic E-state index is 11.3. The van der Waals surface area contributed by atoms with Crippen molar-refractivity contribution >= 4 is 5.97 Å². The van der Waals surface area contributed by atoms with E-state index in [1.54, 1.807) is 0 Å². The molecule has 1 N–H and O–H groups in total. The summed E-state index contributed by atoms with van der Waals surface area (Å²) < 4.78 is 5.36. The fourth-order valence-corrected chi connectivity index (χ4v) is 3.29. The van der Waals surface area contributed by atoms with Crippen LogP contribution in [0.3, 0.4) is 0 Å². The molecule has 0 spiro atoms. The molecule has 0 saturated carbocycles. The summed E-state index contributed by atoms with van der Waals surface area (Å²) in [6.45, 7) is 6.07. The molecule has 6 nitrogen and oxygen atoms in total. The van der Waals surface area contributed by atoms with Crippen LogP contribution in [-0.4, -0.2) is 39.2 Å². The second-order valence-corrected chi connectivity index (χ2v) is 6.63. The first-order valence-corrected chi connectivity index (χ1v) is 8.42. The Kier molecular flexibility index (Phi) is 4.94. The van der Waals surface area contributed by atoms with Gasteiger partial charge >= 0.3 is 5.97 Å². The van der Waals surface area contributed by atoms with Crippen molar-refractivity contribution in [3.63, 3.8) is 0 Å². The lowest BCUT2D eigenvalue weighted by atomic mass is 9.90. The molecule has 1 aliphatic rings. The summed E-state index contributed by atoms with van der Waals surface area (Å²) in [5, 5.41) is 13.3. The van der Waals surface area contributed by atoms with Gasteiger partial charge in [0, 0.05) is 18.7 Å². The van der Waals surface area contributed by atoms with E-state index in [9.17, 15) is 9.90 Å². The Labute approximate surface area is 141 Å². The fraction of sp³-hybridized carbons (Fsp3) is 0.500. The summed E-state index contributed by atoms with van der Waals surface area (Å²) in [7, 11) is 0. The molecule has 0 radical (unpaired) electrons. The maximum Gasteiger partial charge on any atom is 0.307 e. The number of piperidine rings is 1. The largest absolute Gasteiger partial charge is 0.481 e. The summed E-state index contributed by atoms with van der Waals surface area (Å²) in [5.74, 6) is 0.408. The summed E-state index contributed by atoms with van der Waals surface area (Å²) in [6, 6.07) is 8.12. The molecule has 2 unspecified atom stereocenters. The van der Waals surface area contributed by atoms with Crippen molar-refractivity contribution in [2.45, 2.75) is 33.2 Å². The average molecular weight is 329 g/mol. The molecule has 1 saturated heterocycles. The summed E-state index contributed by atoms with van der Waals surface area (Å²) in [6.07, 6.45) is 1.72. The fourth-order valence-electron chi connectivity index (χ4n) is 3.29. The van der Waals surface area contributed by atoms with Gasteiger partial charge in [-0.15, -0.1) is 0 Å². The van der Waals surface area contributed by atoms with E-state index in [2.05, 4.69) is 41.0 Å². The molecule has 2 atom stereocenters. The van der Waals surface area contributed by atoms with Crippen LogP contribution in [0.2, 0.25) is 0 Å². The van der Waals surface area contributed by atoms with Crippen LogP contribution < -0.4 is 0 Å². The Bertz CT molecular complexity index is 696. The number of hydrogen-bond donors (Lipinski definition) is 1. The van der Waals surface area contributed by atoms with E-state index >= 15 is 0 Å². The van der Waals surface area contributed by atoms with Crippen molar-refractivity contribution in [3.05, 3.63) is 35.7 Å². The molecular formula is C18H23N3O3. The lowest BCUT2D eigenvalue weighted by Gasteiger charge is -2.33. The molecule has 128 valence electrons. The van der Waals surface area contributed by atoms with Crippen LogP contribution in [0.1, 0.15) is 31.7 Å². The lowest BCUT2D eigenvalue weighted by Crippen LogP contribution is -2.42. The molecule has 1 aromatic carbocycles. The molecule has 2 heterocycles. The first-order valence-electron chi connectivity index (χ1n) is 8.42. The van der Waals surface area contributed by atoms with Gasteiger partial charge in [-0.3, -0.25) is 9.69 Å². The first kappa shape index (κ1) is 16.6. The van der Waals surface area contributed by atoms with E-state index in [0.717, 1.165) is 24.9 Å². The molecular weight excluding hydrogens is 306 g/mol. The number of likely N-dealkylation sites (tertiary alicyclic amines) is 1. The van der Waals surface area contributed by atoms with Crippen LogP contribution in [-0.2, 0) is 17.8 Å². The van der Waals surface area contributed by atoms with Crippen LogP contribution in [0.4, 0.5) is 0 Å². The van der Waals surface area contributed by atoms with Crippen molar-refractivity contribution in [1.29, 1.82) is 0 Å². The molecule has 0 bridgehead atoms. The van der Waals surface area contributed by atoms with Gasteiger partial charge in [-0.05, 0) is 24.3 Å². The standard InChI is InChI=1S/C18H23N3O3/c1-3-13-4-6-14(7-5-13)17-19-16(24-20-17)11-21-9-12(2)8-15(10-21)18(22)23/h4-7,12,15H,3,8-11H2,1-2H3,(H,22,23). The number of rotatable bonds is 5. The van der Waals surface area contributed by atoms with Crippen LogP contribution in [0.15, 0.2) is 28.8 Å². The SMILES string of the molecule is CCc1ccc(-c2noc(CN3CC(C)CC(C(=O)O)C3)n2)cc1. The Morgan fingerprint density at radius 3 is 2.75 bits per heavy atom. The number of carboxylic acids is 1. The number of nitrogens with zero attached hydrogens (tertiary/aromatic N) is 3. The van der Waals surface area contributed by atoms with Crippen LogP contribution in [0.5, 0.6) is 0 Å². The Morgan fingerprint density at radius 1 is 1.33 bits per heavy atom. The van der Waals surface area contributed by atoms with Gasteiger partial charge in [0.2, 0.25) is 11.7 Å². The highest BCUT2D eigenvalue weighted by atomic mass is 16.5. The Hall–Kier alpha value is -2.21. The van der Waals surface area contributed by atoms with E-state index in [1.807, 2.05) is 12.1 Å². The average Bonchev–Trinajstić information content (AvgIpc) is 3.03. The summed E-state index contributed by atoms with van der Waals surface area (Å²) in [4.78, 5) is 17.8. The quantitative estimate of drug-likeness (QED) is 0.908. The monoisotopic (exact) mass is 329 g/mol. The van der Waals surface area contributed by atoms with Crippen LogP contribution in [0, 0.1) is 11.8 Å². The summed E-state index contributed by atoms with van der Waals surface area (Å²) in [5.41, 5.74) is 2.20. The highest BCUT2D eigenvalue weighted by Crippen LogP contribution is 2.24. The number of aryl methyl sites for hydroxylation is 1. The molecule has 3 rings (SSSR count). The number of carbonyl (C=O) groups is 1. The minimum atomic E-state index is -0.728. The molecule has 0 amide bonds. The van der Waals surface area contributed by atoms with Crippen LogP contribution >= 0.6 is 0 Å². The predicted molar refractivity (Wildman–Crippen MR) is 89.3 cm³/mol. The van der Waals surface area contributed by atoms with E-state index in [4.69, 9.17) is 4.52 Å². The van der Waals surface area contributed by atoms with Crippen LogP contribution in [0.25, 0.3) is 11.4 Å². The number of benzene rings is 1. The normalized spacial score (nSPS) is 21.8. The Morgan fingerprint density at radius 2 is 2.08 bits per heavy atom. The van der Waals surface area contributed by atoms with Crippen molar-refractivity contribution in [2.24, 2.45) is 11.8 Å². The zero-order chi connectivity index (χ0) is 17.1. The molecule has 24 heavy (non-hydrogen) atoms. The van der Waals surface area contributed by atoms with Gasteiger partial charge in [0.25, 0.3) is 0 Å². The van der Waals surface area contributed by atoms with E-state index in [1.165, 1.54) is 5.56 Å². The van der Waals surface area contributed by atoms with Gasteiger partial charge in [0.05, 0.1) is 12.5 Å². The number of carboxylic acid groups (broad SMARTS) is 1. The summed E-state index contributed by atoms with van der Waals surface area (Å²) >= 11 is 0. The molecule has 6 heteroatoms. The zero-order valence-electron chi connectivity index (χ0n) is 14.1. The minimum absolute atomic E-state index is 0.322. The topological polar surface area (TPSA) is 79.5 Å². The van der Waals surface area contributed by atoms with E-state index < -0.39 is 5.97 Å². The van der Waals surface area contributed by atoms with Gasteiger partial charge in [-0.25, -0.2) is 0 Å². The lowest BCUT2D eigenvalue weighted by molar-refractivity contribution is -0.144. The molecule has 0 aliphatic carbocycles. The smallest absolute Gasteiger partial charge is 0.307 e. The van der Waals surface area contributed by atoms with Crippen molar-refractivity contribution in [2.75, 3.05) is 13.1 Å². The van der Waals surface area contributed by atoms with E-state index in [-0.39, 0.29) is 5.92 Å². The highest BCUT2D eigenvalue weighted by Gasteiger charge is 2.30. The van der Waals surface area contributed by atoms with E-state index in [0.29, 0.717) is 30.7 Å². The third-order valence-corrected chi connectivity index (χ3v) is 4.53. The molecule has 1 fully saturated rings. The van der Waals surface area contributed by atoms with Gasteiger partial charge < -0.3 is 9.63 Å². The Balaban J connectivity index is 1.68. The van der Waals surface area contributed by atoms with Gasteiger partial charge in [-0.1, -0.05) is 43.3 Å². The minimum Gasteiger partial charge on any atom is -0.481 e. The number of aromatic nitrogens is 2.